The van der Waals surface area contributed by atoms with Crippen molar-refractivity contribution in [2.24, 2.45) is 5.92 Å². The van der Waals surface area contributed by atoms with Gasteiger partial charge < -0.3 is 10.5 Å². The topological polar surface area (TPSA) is 35.2 Å². The van der Waals surface area contributed by atoms with Crippen molar-refractivity contribution in [2.75, 3.05) is 18.1 Å². The van der Waals surface area contributed by atoms with Crippen molar-refractivity contribution in [1.82, 2.24) is 0 Å². The van der Waals surface area contributed by atoms with Crippen LogP contribution in [0.3, 0.4) is 0 Å². The second-order valence-corrected chi connectivity index (χ2v) is 5.05. The zero-order valence-corrected chi connectivity index (χ0v) is 11.1. The Hall–Kier alpha value is -0.830. The molecule has 0 bridgehead atoms. The molecule has 2 nitrogen and oxygen atoms in total. The molecule has 3 heteroatoms. The maximum Gasteiger partial charge on any atom is 0.143 e. The van der Waals surface area contributed by atoms with Crippen LogP contribution in [0.5, 0.6) is 5.75 Å². The number of ether oxygens (including phenoxy) is 1. The van der Waals surface area contributed by atoms with Crippen LogP contribution in [0, 0.1) is 5.92 Å². The molecule has 0 spiro atoms. The van der Waals surface area contributed by atoms with Gasteiger partial charge in [0, 0.05) is 10.6 Å². The third-order valence-corrected chi connectivity index (χ3v) is 3.84. The molecule has 0 aliphatic rings. The van der Waals surface area contributed by atoms with E-state index in [0.29, 0.717) is 6.61 Å². The summed E-state index contributed by atoms with van der Waals surface area (Å²) in [6, 6.07) is 6.01. The van der Waals surface area contributed by atoms with E-state index in [1.54, 1.807) is 0 Å². The summed E-state index contributed by atoms with van der Waals surface area (Å²) in [4.78, 5) is 1.23. The highest BCUT2D eigenvalue weighted by Crippen LogP contribution is 2.29. The van der Waals surface area contributed by atoms with Crippen molar-refractivity contribution in [3.05, 3.63) is 18.2 Å². The molecule has 1 aromatic carbocycles. The van der Waals surface area contributed by atoms with E-state index < -0.39 is 0 Å². The third-order valence-electron chi connectivity index (χ3n) is 2.52. The first-order valence-electron chi connectivity index (χ1n) is 5.82. The molecule has 0 heterocycles. The van der Waals surface area contributed by atoms with Gasteiger partial charge >= 0.3 is 0 Å². The quantitative estimate of drug-likeness (QED) is 0.605. The van der Waals surface area contributed by atoms with Crippen LogP contribution < -0.4 is 10.5 Å². The molecule has 0 saturated heterocycles. The molecule has 16 heavy (non-hydrogen) atoms. The van der Waals surface area contributed by atoms with Gasteiger partial charge in [0.25, 0.3) is 0 Å². The summed E-state index contributed by atoms with van der Waals surface area (Å²) in [6.45, 7) is 7.12. The highest BCUT2D eigenvalue weighted by molar-refractivity contribution is 7.99. The fourth-order valence-corrected chi connectivity index (χ4v) is 2.31. The lowest BCUT2D eigenvalue weighted by molar-refractivity contribution is 0.341. The van der Waals surface area contributed by atoms with Gasteiger partial charge in [0.15, 0.2) is 0 Å². The van der Waals surface area contributed by atoms with E-state index in [1.165, 1.54) is 11.3 Å². The standard InChI is InChI=1S/C13H21NOS/c1-4-10(3)9-16-11-6-7-12(14)13(8-11)15-5-2/h6-8,10H,4-5,9,14H2,1-3H3. The molecule has 0 fully saturated rings. The molecule has 0 radical (unpaired) electrons. The fraction of sp³-hybridized carbons (Fsp3) is 0.538. The maximum atomic E-state index is 5.82. The Balaban J connectivity index is 2.63. The van der Waals surface area contributed by atoms with Crippen LogP contribution in [0.2, 0.25) is 0 Å². The smallest absolute Gasteiger partial charge is 0.143 e. The average molecular weight is 239 g/mol. The van der Waals surface area contributed by atoms with Gasteiger partial charge in [0.2, 0.25) is 0 Å². The zero-order chi connectivity index (χ0) is 12.0. The van der Waals surface area contributed by atoms with Gasteiger partial charge in [-0.05, 0) is 31.0 Å². The van der Waals surface area contributed by atoms with Crippen LogP contribution in [-0.4, -0.2) is 12.4 Å². The molecule has 1 atom stereocenters. The lowest BCUT2D eigenvalue weighted by Crippen LogP contribution is -1.98. The molecule has 1 unspecified atom stereocenters. The van der Waals surface area contributed by atoms with Crippen LogP contribution in [0.15, 0.2) is 23.1 Å². The van der Waals surface area contributed by atoms with E-state index >= 15 is 0 Å². The monoisotopic (exact) mass is 239 g/mol. The van der Waals surface area contributed by atoms with E-state index in [9.17, 15) is 0 Å². The first-order valence-corrected chi connectivity index (χ1v) is 6.81. The Morgan fingerprint density at radius 3 is 2.75 bits per heavy atom. The second-order valence-electron chi connectivity index (χ2n) is 3.96. The van der Waals surface area contributed by atoms with Gasteiger partial charge in [-0.25, -0.2) is 0 Å². The van der Waals surface area contributed by atoms with Crippen LogP contribution >= 0.6 is 11.8 Å². The molecule has 1 rings (SSSR count). The number of anilines is 1. The molecule has 0 aliphatic carbocycles. The van der Waals surface area contributed by atoms with Crippen molar-refractivity contribution in [3.8, 4) is 5.75 Å². The van der Waals surface area contributed by atoms with Crippen molar-refractivity contribution in [2.45, 2.75) is 32.1 Å². The summed E-state index contributed by atoms with van der Waals surface area (Å²) < 4.78 is 5.47. The second kappa shape index (κ2) is 6.69. The number of hydrogen-bond donors (Lipinski definition) is 1. The number of rotatable bonds is 6. The molecule has 0 saturated carbocycles. The summed E-state index contributed by atoms with van der Waals surface area (Å²) in [6.07, 6.45) is 1.22. The minimum absolute atomic E-state index is 0.656. The van der Waals surface area contributed by atoms with Gasteiger partial charge in [-0.15, -0.1) is 11.8 Å². The average Bonchev–Trinajstić information content (AvgIpc) is 2.30. The minimum atomic E-state index is 0.656. The molecule has 0 amide bonds. The number of hydrogen-bond acceptors (Lipinski definition) is 3. The van der Waals surface area contributed by atoms with Gasteiger partial charge in [0.1, 0.15) is 5.75 Å². The van der Waals surface area contributed by atoms with Gasteiger partial charge in [-0.2, -0.15) is 0 Å². The third kappa shape index (κ3) is 3.97. The van der Waals surface area contributed by atoms with Crippen LogP contribution in [0.1, 0.15) is 27.2 Å². The Bertz CT molecular complexity index is 328. The molecule has 0 aliphatic heterocycles. The summed E-state index contributed by atoms with van der Waals surface area (Å²) >= 11 is 1.87. The van der Waals surface area contributed by atoms with Crippen LogP contribution in [0.4, 0.5) is 5.69 Å². The van der Waals surface area contributed by atoms with E-state index in [0.717, 1.165) is 23.1 Å². The van der Waals surface area contributed by atoms with Crippen molar-refractivity contribution < 1.29 is 4.74 Å². The molecular formula is C13H21NOS. The largest absolute Gasteiger partial charge is 0.492 e. The Labute approximate surface area is 103 Å². The SMILES string of the molecule is CCOc1cc(SCC(C)CC)ccc1N. The van der Waals surface area contributed by atoms with E-state index in [1.807, 2.05) is 30.8 Å². The lowest BCUT2D eigenvalue weighted by atomic mass is 10.2. The maximum absolute atomic E-state index is 5.82. The van der Waals surface area contributed by atoms with E-state index in [2.05, 4.69) is 19.9 Å². The van der Waals surface area contributed by atoms with Gasteiger partial charge in [-0.3, -0.25) is 0 Å². The zero-order valence-electron chi connectivity index (χ0n) is 10.3. The molecule has 0 aromatic heterocycles. The first kappa shape index (κ1) is 13.2. The number of benzene rings is 1. The highest BCUT2D eigenvalue weighted by Gasteiger charge is 2.04. The molecular weight excluding hydrogens is 218 g/mol. The summed E-state index contributed by atoms with van der Waals surface area (Å²) in [5, 5.41) is 0. The summed E-state index contributed by atoms with van der Waals surface area (Å²) in [7, 11) is 0. The Morgan fingerprint density at radius 2 is 2.12 bits per heavy atom. The van der Waals surface area contributed by atoms with Crippen molar-refractivity contribution in [3.63, 3.8) is 0 Å². The van der Waals surface area contributed by atoms with Gasteiger partial charge in [-0.1, -0.05) is 20.3 Å². The number of nitrogens with two attached hydrogens (primary N) is 1. The predicted molar refractivity (Wildman–Crippen MR) is 72.2 cm³/mol. The number of nitrogen functional groups attached to an aromatic ring is 1. The Morgan fingerprint density at radius 1 is 1.38 bits per heavy atom. The highest BCUT2D eigenvalue weighted by atomic mass is 32.2. The molecule has 2 N–H and O–H groups in total. The normalized spacial score (nSPS) is 12.4. The van der Waals surface area contributed by atoms with Crippen LogP contribution in [-0.2, 0) is 0 Å². The predicted octanol–water partition coefficient (Wildman–Crippen LogP) is 3.81. The fourth-order valence-electron chi connectivity index (χ4n) is 1.24. The van der Waals surface area contributed by atoms with Crippen LogP contribution in [0.25, 0.3) is 0 Å². The van der Waals surface area contributed by atoms with Crippen molar-refractivity contribution in [1.29, 1.82) is 0 Å². The molecule has 90 valence electrons. The van der Waals surface area contributed by atoms with Crippen molar-refractivity contribution >= 4 is 17.4 Å². The molecule has 1 aromatic rings. The number of thioether (sulfide) groups is 1. The van der Waals surface area contributed by atoms with E-state index in [-0.39, 0.29) is 0 Å². The lowest BCUT2D eigenvalue weighted by Gasteiger charge is -2.11. The van der Waals surface area contributed by atoms with E-state index in [4.69, 9.17) is 10.5 Å². The minimum Gasteiger partial charge on any atom is -0.492 e. The summed E-state index contributed by atoms with van der Waals surface area (Å²) in [5.41, 5.74) is 6.54. The summed E-state index contributed by atoms with van der Waals surface area (Å²) in [5.74, 6) is 2.70. The first-order chi connectivity index (χ1) is 7.67. The Kier molecular flexibility index (Phi) is 5.53. The van der Waals surface area contributed by atoms with Gasteiger partial charge in [0.05, 0.1) is 12.3 Å².